The lowest BCUT2D eigenvalue weighted by Crippen LogP contribution is -2.33. The summed E-state index contributed by atoms with van der Waals surface area (Å²) in [4.78, 5) is 26.0. The molecule has 0 bridgehead atoms. The molecule has 1 amide bonds. The highest BCUT2D eigenvalue weighted by Gasteiger charge is 2.24. The van der Waals surface area contributed by atoms with Crippen LogP contribution >= 0.6 is 0 Å². The first kappa shape index (κ1) is 14.5. The number of carbonyl (C=O) groups excluding carboxylic acids is 1. The van der Waals surface area contributed by atoms with E-state index in [-0.39, 0.29) is 18.1 Å². The van der Waals surface area contributed by atoms with Crippen LogP contribution in [0.1, 0.15) is 28.9 Å². The molecule has 0 spiro atoms. The molecule has 116 valence electrons. The van der Waals surface area contributed by atoms with Gasteiger partial charge in [0, 0.05) is 29.6 Å². The number of benzene rings is 1. The minimum atomic E-state index is -1.15. The number of H-pyrrole nitrogens is 1. The summed E-state index contributed by atoms with van der Waals surface area (Å²) < 4.78 is 18.7. The van der Waals surface area contributed by atoms with Crippen molar-refractivity contribution in [1.29, 1.82) is 0 Å². The van der Waals surface area contributed by atoms with Gasteiger partial charge in [0.05, 0.1) is 0 Å². The molecule has 0 saturated carbocycles. The second-order valence-corrected chi connectivity index (χ2v) is 5.19. The maximum absolute atomic E-state index is 13.4. The Kier molecular flexibility index (Phi) is 3.81. The predicted octanol–water partition coefficient (Wildman–Crippen LogP) is 1.80. The largest absolute Gasteiger partial charge is 0.477 e. The summed E-state index contributed by atoms with van der Waals surface area (Å²) in [6, 6.07) is 3.98. The number of rotatable bonds is 4. The number of nitrogens with one attached hydrogen (secondary N) is 2. The minimum Gasteiger partial charge on any atom is -0.477 e. The summed E-state index contributed by atoms with van der Waals surface area (Å²) in [6.45, 7) is 0.556. The standard InChI is InChI=1S/C15H15FN2O4/c16-8-3-4-11-9(6-8)10(13(18-11)15(20)21)7-17-14(19)12-2-1-5-22-12/h3-4,6,12,18H,1-2,5,7H2,(H,17,19)(H,20,21). The number of carboxylic acid groups (broad SMARTS) is 1. The fourth-order valence-corrected chi connectivity index (χ4v) is 2.66. The molecule has 1 unspecified atom stereocenters. The number of aromatic nitrogens is 1. The number of fused-ring (bicyclic) bond motifs is 1. The Bertz CT molecular complexity index is 734. The van der Waals surface area contributed by atoms with Crippen molar-refractivity contribution in [3.63, 3.8) is 0 Å². The van der Waals surface area contributed by atoms with Gasteiger partial charge in [0.15, 0.2) is 0 Å². The van der Waals surface area contributed by atoms with Gasteiger partial charge in [-0.2, -0.15) is 0 Å². The van der Waals surface area contributed by atoms with Gasteiger partial charge in [0.2, 0.25) is 5.91 Å². The molecule has 3 N–H and O–H groups in total. The van der Waals surface area contributed by atoms with Crippen molar-refractivity contribution in [2.45, 2.75) is 25.5 Å². The number of aromatic carboxylic acids is 1. The van der Waals surface area contributed by atoms with Crippen molar-refractivity contribution in [2.24, 2.45) is 0 Å². The quantitative estimate of drug-likeness (QED) is 0.803. The average molecular weight is 306 g/mol. The van der Waals surface area contributed by atoms with E-state index in [1.165, 1.54) is 18.2 Å². The Morgan fingerprint density at radius 1 is 1.45 bits per heavy atom. The molecule has 1 aliphatic heterocycles. The maximum atomic E-state index is 13.4. The minimum absolute atomic E-state index is 0.00375. The molecule has 2 heterocycles. The first-order valence-electron chi connectivity index (χ1n) is 6.99. The molecule has 0 radical (unpaired) electrons. The predicted molar refractivity (Wildman–Crippen MR) is 76.0 cm³/mol. The van der Waals surface area contributed by atoms with Crippen LogP contribution < -0.4 is 5.32 Å². The molecule has 1 aromatic carbocycles. The van der Waals surface area contributed by atoms with Crippen LogP contribution in [0.2, 0.25) is 0 Å². The van der Waals surface area contributed by atoms with Gasteiger partial charge in [-0.3, -0.25) is 4.79 Å². The van der Waals surface area contributed by atoms with Crippen molar-refractivity contribution in [2.75, 3.05) is 6.61 Å². The van der Waals surface area contributed by atoms with Gasteiger partial charge in [-0.15, -0.1) is 0 Å². The SMILES string of the molecule is O=C(O)c1[nH]c2ccc(F)cc2c1CNC(=O)C1CCCO1. The van der Waals surface area contributed by atoms with Crippen molar-refractivity contribution in [3.05, 3.63) is 35.3 Å². The van der Waals surface area contributed by atoms with Crippen LogP contribution in [0.25, 0.3) is 10.9 Å². The fourth-order valence-electron chi connectivity index (χ4n) is 2.66. The highest BCUT2D eigenvalue weighted by molar-refractivity contribution is 5.97. The zero-order chi connectivity index (χ0) is 15.7. The average Bonchev–Trinajstić information content (AvgIpc) is 3.12. The molecule has 22 heavy (non-hydrogen) atoms. The maximum Gasteiger partial charge on any atom is 0.352 e. The van der Waals surface area contributed by atoms with Gasteiger partial charge in [-0.1, -0.05) is 0 Å². The molecule has 6 nitrogen and oxygen atoms in total. The van der Waals surface area contributed by atoms with E-state index in [2.05, 4.69) is 10.3 Å². The summed E-state index contributed by atoms with van der Waals surface area (Å²) in [5.41, 5.74) is 0.821. The number of hydrogen-bond acceptors (Lipinski definition) is 3. The van der Waals surface area contributed by atoms with Gasteiger partial charge in [0.25, 0.3) is 0 Å². The van der Waals surface area contributed by atoms with E-state index in [1.807, 2.05) is 0 Å². The van der Waals surface area contributed by atoms with Crippen molar-refractivity contribution >= 4 is 22.8 Å². The third-order valence-corrected chi connectivity index (χ3v) is 3.74. The first-order chi connectivity index (χ1) is 10.6. The lowest BCUT2D eigenvalue weighted by atomic mass is 10.1. The molecule has 1 aliphatic rings. The van der Waals surface area contributed by atoms with Gasteiger partial charge in [-0.25, -0.2) is 9.18 Å². The molecular weight excluding hydrogens is 291 g/mol. The second kappa shape index (κ2) is 5.76. The Hall–Kier alpha value is -2.41. The monoisotopic (exact) mass is 306 g/mol. The van der Waals surface area contributed by atoms with Crippen LogP contribution in [0, 0.1) is 5.82 Å². The Balaban J connectivity index is 1.87. The Morgan fingerprint density at radius 2 is 2.27 bits per heavy atom. The van der Waals surface area contributed by atoms with Crippen LogP contribution in [-0.4, -0.2) is 34.7 Å². The number of halogens is 1. The van der Waals surface area contributed by atoms with Crippen LogP contribution in [-0.2, 0) is 16.1 Å². The summed E-state index contributed by atoms with van der Waals surface area (Å²) in [6.07, 6.45) is 0.992. The molecule has 0 aliphatic carbocycles. The fraction of sp³-hybridized carbons (Fsp3) is 0.333. The zero-order valence-electron chi connectivity index (χ0n) is 11.7. The summed E-state index contributed by atoms with van der Waals surface area (Å²) in [5.74, 6) is -1.90. The smallest absolute Gasteiger partial charge is 0.352 e. The number of ether oxygens (including phenoxy) is 1. The highest BCUT2D eigenvalue weighted by atomic mass is 19.1. The molecule has 7 heteroatoms. The van der Waals surface area contributed by atoms with Crippen molar-refractivity contribution in [1.82, 2.24) is 10.3 Å². The van der Waals surface area contributed by atoms with Gasteiger partial charge < -0.3 is 20.1 Å². The lowest BCUT2D eigenvalue weighted by molar-refractivity contribution is -0.130. The summed E-state index contributed by atoms with van der Waals surface area (Å²) in [7, 11) is 0. The van der Waals surface area contributed by atoms with E-state index >= 15 is 0 Å². The van der Waals surface area contributed by atoms with E-state index in [0.29, 0.717) is 29.5 Å². The van der Waals surface area contributed by atoms with Crippen LogP contribution in [0.4, 0.5) is 4.39 Å². The normalized spacial score (nSPS) is 17.8. The van der Waals surface area contributed by atoms with Crippen molar-refractivity contribution in [3.8, 4) is 0 Å². The first-order valence-corrected chi connectivity index (χ1v) is 6.99. The van der Waals surface area contributed by atoms with E-state index in [1.54, 1.807) is 0 Å². The third kappa shape index (κ3) is 2.67. The van der Waals surface area contributed by atoms with Gasteiger partial charge >= 0.3 is 5.97 Å². The van der Waals surface area contributed by atoms with Crippen LogP contribution in [0.3, 0.4) is 0 Å². The van der Waals surface area contributed by atoms with E-state index in [4.69, 9.17) is 4.74 Å². The number of aromatic amines is 1. The van der Waals surface area contributed by atoms with Crippen molar-refractivity contribution < 1.29 is 23.8 Å². The lowest BCUT2D eigenvalue weighted by Gasteiger charge is -2.10. The Morgan fingerprint density at radius 3 is 2.95 bits per heavy atom. The van der Waals surface area contributed by atoms with E-state index in [9.17, 15) is 19.1 Å². The molecule has 3 rings (SSSR count). The second-order valence-electron chi connectivity index (χ2n) is 5.19. The van der Waals surface area contributed by atoms with Gasteiger partial charge in [-0.05, 0) is 31.0 Å². The molecule has 1 saturated heterocycles. The molecule has 1 aromatic heterocycles. The topological polar surface area (TPSA) is 91.4 Å². The van der Waals surface area contributed by atoms with Crippen LogP contribution in [0.5, 0.6) is 0 Å². The van der Waals surface area contributed by atoms with Crippen LogP contribution in [0.15, 0.2) is 18.2 Å². The number of hydrogen-bond donors (Lipinski definition) is 3. The molecule has 1 fully saturated rings. The molecule has 2 aromatic rings. The Labute approximate surface area is 125 Å². The third-order valence-electron chi connectivity index (χ3n) is 3.74. The number of amides is 1. The summed E-state index contributed by atoms with van der Waals surface area (Å²) in [5, 5.41) is 12.4. The number of carbonyl (C=O) groups is 2. The number of carboxylic acids is 1. The molecular formula is C15H15FN2O4. The highest BCUT2D eigenvalue weighted by Crippen LogP contribution is 2.24. The zero-order valence-corrected chi connectivity index (χ0v) is 11.7. The van der Waals surface area contributed by atoms with E-state index < -0.39 is 17.9 Å². The van der Waals surface area contributed by atoms with E-state index in [0.717, 1.165) is 6.42 Å². The summed E-state index contributed by atoms with van der Waals surface area (Å²) >= 11 is 0. The molecule has 1 atom stereocenters. The van der Waals surface area contributed by atoms with Gasteiger partial charge in [0.1, 0.15) is 17.6 Å².